The van der Waals surface area contributed by atoms with E-state index < -0.39 is 44.5 Å². The molecule has 1 rings (SSSR count). The molecule has 100 valence electrons. The monoisotopic (exact) mass is 284 g/mol. The van der Waals surface area contributed by atoms with Gasteiger partial charge in [-0.3, -0.25) is 4.79 Å². The van der Waals surface area contributed by atoms with Crippen LogP contribution in [0.2, 0.25) is 0 Å². The van der Waals surface area contributed by atoms with Gasteiger partial charge in [0.15, 0.2) is 15.6 Å². The Bertz CT molecular complexity index is 575. The van der Waals surface area contributed by atoms with Crippen molar-refractivity contribution in [2.24, 2.45) is 0 Å². The zero-order valence-corrected chi connectivity index (χ0v) is 9.90. The van der Waals surface area contributed by atoms with E-state index in [1.807, 2.05) is 0 Å². The number of hydrogen-bond acceptors (Lipinski definition) is 3. The normalized spacial score (nSPS) is 12.5. The van der Waals surface area contributed by atoms with Crippen LogP contribution in [0.1, 0.15) is 15.9 Å². The minimum atomic E-state index is -4.94. The van der Waals surface area contributed by atoms with E-state index in [0.29, 0.717) is 6.07 Å². The summed E-state index contributed by atoms with van der Waals surface area (Å²) in [4.78, 5) is 11.4. The number of ketones is 1. The van der Waals surface area contributed by atoms with Crippen molar-refractivity contribution in [2.45, 2.75) is 6.18 Å². The molecule has 0 unspecified atom stereocenters. The van der Waals surface area contributed by atoms with Crippen molar-refractivity contribution in [1.29, 1.82) is 0 Å². The predicted octanol–water partition coefficient (Wildman–Crippen LogP) is 2.07. The van der Waals surface area contributed by atoms with Crippen LogP contribution in [0, 0.1) is 5.82 Å². The molecule has 0 aliphatic carbocycles. The summed E-state index contributed by atoms with van der Waals surface area (Å²) < 4.78 is 72.2. The summed E-state index contributed by atoms with van der Waals surface area (Å²) in [5.74, 6) is -4.00. The zero-order valence-electron chi connectivity index (χ0n) is 9.08. The first kappa shape index (κ1) is 14.6. The van der Waals surface area contributed by atoms with Gasteiger partial charge in [-0.2, -0.15) is 13.2 Å². The molecule has 0 aliphatic heterocycles. The highest BCUT2D eigenvalue weighted by molar-refractivity contribution is 7.91. The molecule has 3 nitrogen and oxygen atoms in total. The number of alkyl halides is 3. The van der Waals surface area contributed by atoms with Gasteiger partial charge in [-0.25, -0.2) is 12.8 Å². The first-order valence-corrected chi connectivity index (χ1v) is 6.65. The quantitative estimate of drug-likeness (QED) is 0.630. The third-order valence-corrected chi connectivity index (χ3v) is 2.78. The molecule has 1 aromatic rings. The molecular formula is C10H8F4O3S. The van der Waals surface area contributed by atoms with Crippen LogP contribution >= 0.6 is 0 Å². The molecule has 0 fully saturated rings. The summed E-state index contributed by atoms with van der Waals surface area (Å²) in [7, 11) is -3.73. The average molecular weight is 284 g/mol. The van der Waals surface area contributed by atoms with Crippen LogP contribution < -0.4 is 0 Å². The molecule has 0 spiro atoms. The molecule has 0 N–H and O–H groups in total. The fourth-order valence-corrected chi connectivity index (χ4v) is 1.91. The van der Waals surface area contributed by atoms with E-state index in [0.717, 1.165) is 18.4 Å². The van der Waals surface area contributed by atoms with E-state index in [9.17, 15) is 30.8 Å². The smallest absolute Gasteiger partial charge is 0.293 e. The Balaban J connectivity index is 3.24. The molecule has 0 saturated heterocycles. The number of hydrogen-bond donors (Lipinski definition) is 0. The van der Waals surface area contributed by atoms with Gasteiger partial charge < -0.3 is 0 Å². The van der Waals surface area contributed by atoms with Gasteiger partial charge in [-0.05, 0) is 12.1 Å². The van der Waals surface area contributed by atoms with Gasteiger partial charge in [0.1, 0.15) is 11.6 Å². The number of benzene rings is 1. The van der Waals surface area contributed by atoms with Gasteiger partial charge in [-0.15, -0.1) is 0 Å². The van der Waals surface area contributed by atoms with Gasteiger partial charge in [0.25, 0.3) is 0 Å². The average Bonchev–Trinajstić information content (AvgIpc) is 2.12. The highest BCUT2D eigenvalue weighted by Crippen LogP contribution is 2.32. The van der Waals surface area contributed by atoms with Crippen molar-refractivity contribution in [2.75, 3.05) is 12.0 Å². The minimum Gasteiger partial charge on any atom is -0.293 e. The Hall–Kier alpha value is -1.44. The van der Waals surface area contributed by atoms with Crippen LogP contribution in [-0.2, 0) is 16.0 Å². The van der Waals surface area contributed by atoms with Crippen molar-refractivity contribution >= 4 is 15.6 Å². The van der Waals surface area contributed by atoms with Crippen molar-refractivity contribution in [3.63, 3.8) is 0 Å². The number of carbonyl (C=O) groups is 1. The van der Waals surface area contributed by atoms with Gasteiger partial charge in [0.05, 0.1) is 11.1 Å². The molecule has 0 heterocycles. The van der Waals surface area contributed by atoms with Crippen LogP contribution in [0.15, 0.2) is 18.2 Å². The SMILES string of the molecule is CS(=O)(=O)CC(=O)c1cccc(C(F)(F)F)c1F. The van der Waals surface area contributed by atoms with Crippen LogP contribution in [0.3, 0.4) is 0 Å². The minimum absolute atomic E-state index is 0.479. The molecule has 0 aromatic heterocycles. The van der Waals surface area contributed by atoms with Crippen molar-refractivity contribution in [3.05, 3.63) is 35.1 Å². The van der Waals surface area contributed by atoms with Gasteiger partial charge in [0, 0.05) is 6.26 Å². The van der Waals surface area contributed by atoms with Crippen LogP contribution in [0.4, 0.5) is 17.6 Å². The van der Waals surface area contributed by atoms with Crippen molar-refractivity contribution in [1.82, 2.24) is 0 Å². The van der Waals surface area contributed by atoms with Crippen LogP contribution in [0.5, 0.6) is 0 Å². The van der Waals surface area contributed by atoms with Crippen LogP contribution in [0.25, 0.3) is 0 Å². The lowest BCUT2D eigenvalue weighted by atomic mass is 10.1. The number of carbonyl (C=O) groups excluding carboxylic acids is 1. The number of halogens is 4. The largest absolute Gasteiger partial charge is 0.419 e. The Labute approximate surface area is 100 Å². The highest BCUT2D eigenvalue weighted by atomic mass is 32.2. The first-order valence-electron chi connectivity index (χ1n) is 4.59. The standard InChI is InChI=1S/C10H8F4O3S/c1-18(16,17)5-8(15)6-3-2-4-7(9(6)11)10(12,13)14/h2-4H,5H2,1H3. The van der Waals surface area contributed by atoms with Crippen LogP contribution in [-0.4, -0.2) is 26.2 Å². The first-order chi connectivity index (χ1) is 8.02. The van der Waals surface area contributed by atoms with E-state index in [-0.39, 0.29) is 0 Å². The molecule has 0 aliphatic rings. The van der Waals surface area contributed by atoms with E-state index >= 15 is 0 Å². The van der Waals surface area contributed by atoms with Gasteiger partial charge in [0.2, 0.25) is 0 Å². The Kier molecular flexibility index (Phi) is 3.80. The molecule has 1 aromatic carbocycles. The summed E-state index contributed by atoms with van der Waals surface area (Å²) in [5.41, 5.74) is -2.47. The molecule has 0 bridgehead atoms. The van der Waals surface area contributed by atoms with E-state index in [1.165, 1.54) is 0 Å². The number of rotatable bonds is 3. The molecule has 18 heavy (non-hydrogen) atoms. The predicted molar refractivity (Wildman–Crippen MR) is 55.4 cm³/mol. The van der Waals surface area contributed by atoms with Gasteiger partial charge >= 0.3 is 6.18 Å². The molecule has 0 radical (unpaired) electrons. The van der Waals surface area contributed by atoms with Crippen molar-refractivity contribution < 1.29 is 30.8 Å². The summed E-state index contributed by atoms with van der Waals surface area (Å²) in [6, 6.07) is 2.14. The Morgan fingerprint density at radius 2 is 1.83 bits per heavy atom. The highest BCUT2D eigenvalue weighted by Gasteiger charge is 2.35. The third kappa shape index (κ3) is 3.52. The van der Waals surface area contributed by atoms with E-state index in [2.05, 4.69) is 0 Å². The number of Topliss-reactive ketones (excluding diaryl/α,β-unsaturated/α-hetero) is 1. The number of sulfone groups is 1. The summed E-state index contributed by atoms with van der Waals surface area (Å²) in [5, 5.41) is 0. The van der Waals surface area contributed by atoms with E-state index in [4.69, 9.17) is 0 Å². The molecule has 0 saturated carbocycles. The maximum absolute atomic E-state index is 13.5. The topological polar surface area (TPSA) is 51.2 Å². The second-order valence-corrected chi connectivity index (χ2v) is 5.80. The summed E-state index contributed by atoms with van der Waals surface area (Å²) >= 11 is 0. The fraction of sp³-hybridized carbons (Fsp3) is 0.300. The third-order valence-electron chi connectivity index (χ3n) is 2.00. The summed E-state index contributed by atoms with van der Waals surface area (Å²) in [6.07, 6.45) is -4.21. The summed E-state index contributed by atoms with van der Waals surface area (Å²) in [6.45, 7) is 0. The lowest BCUT2D eigenvalue weighted by molar-refractivity contribution is -0.140. The lowest BCUT2D eigenvalue weighted by Gasteiger charge is -2.10. The lowest BCUT2D eigenvalue weighted by Crippen LogP contribution is -2.18. The zero-order chi connectivity index (χ0) is 14.1. The molecule has 0 amide bonds. The Morgan fingerprint density at radius 3 is 2.28 bits per heavy atom. The second-order valence-electron chi connectivity index (χ2n) is 3.66. The molecule has 0 atom stereocenters. The van der Waals surface area contributed by atoms with Gasteiger partial charge in [-0.1, -0.05) is 6.07 Å². The fourth-order valence-electron chi connectivity index (χ4n) is 1.28. The maximum Gasteiger partial charge on any atom is 0.419 e. The maximum atomic E-state index is 13.5. The Morgan fingerprint density at radius 1 is 1.28 bits per heavy atom. The molecular weight excluding hydrogens is 276 g/mol. The second kappa shape index (κ2) is 4.68. The van der Waals surface area contributed by atoms with E-state index in [1.54, 1.807) is 0 Å². The molecule has 8 heteroatoms. The van der Waals surface area contributed by atoms with Crippen molar-refractivity contribution in [3.8, 4) is 0 Å².